The van der Waals surface area contributed by atoms with Crippen LogP contribution in [0, 0.1) is 13.8 Å². The number of H-pyrrole nitrogens is 1. The third kappa shape index (κ3) is 3.41. The molecule has 2 heterocycles. The molecule has 0 fully saturated rings. The van der Waals surface area contributed by atoms with Gasteiger partial charge in [-0.25, -0.2) is 9.78 Å². The van der Waals surface area contributed by atoms with E-state index in [-0.39, 0.29) is 17.7 Å². The van der Waals surface area contributed by atoms with Crippen LogP contribution in [0.1, 0.15) is 26.6 Å². The van der Waals surface area contributed by atoms with Crippen LogP contribution in [0.25, 0.3) is 10.2 Å². The predicted molar refractivity (Wildman–Crippen MR) is 98.4 cm³/mol. The van der Waals surface area contributed by atoms with Crippen molar-refractivity contribution in [3.63, 3.8) is 0 Å². The van der Waals surface area contributed by atoms with Gasteiger partial charge in [-0.3, -0.25) is 4.79 Å². The fraction of sp³-hybridized carbons (Fsp3) is 0.278. The summed E-state index contributed by atoms with van der Waals surface area (Å²) in [6.07, 6.45) is 0. The number of nitrogens with zero attached hydrogens (tertiary/aromatic N) is 1. The number of aromatic amines is 1. The van der Waals surface area contributed by atoms with Crippen molar-refractivity contribution in [2.24, 2.45) is 0 Å². The molecule has 136 valence electrons. The molecule has 3 rings (SSSR count). The molecule has 0 spiro atoms. The normalized spacial score (nSPS) is 10.8. The maximum Gasteiger partial charge on any atom is 0.338 e. The number of esters is 1. The smallest absolute Gasteiger partial charge is 0.338 e. The van der Waals surface area contributed by atoms with Gasteiger partial charge < -0.3 is 19.2 Å². The number of hydrogen-bond acceptors (Lipinski definition) is 7. The SMILES string of the molecule is COc1cc(OC)cc(C(=O)OCc2nc3sc(C)c(C)c3c(=O)[nH]2)c1. The molecule has 2 aromatic heterocycles. The zero-order valence-corrected chi connectivity index (χ0v) is 15.7. The van der Waals surface area contributed by atoms with E-state index >= 15 is 0 Å². The Morgan fingerprint density at radius 3 is 2.42 bits per heavy atom. The molecular weight excluding hydrogens is 356 g/mol. The Morgan fingerprint density at radius 1 is 1.15 bits per heavy atom. The minimum Gasteiger partial charge on any atom is -0.497 e. The summed E-state index contributed by atoms with van der Waals surface area (Å²) < 4.78 is 15.6. The third-order valence-corrected chi connectivity index (χ3v) is 5.12. The molecule has 0 aliphatic heterocycles. The maximum absolute atomic E-state index is 12.3. The fourth-order valence-electron chi connectivity index (χ4n) is 2.51. The van der Waals surface area contributed by atoms with Crippen LogP contribution in [-0.4, -0.2) is 30.2 Å². The first kappa shape index (κ1) is 17.9. The van der Waals surface area contributed by atoms with E-state index in [0.717, 1.165) is 10.4 Å². The van der Waals surface area contributed by atoms with Crippen LogP contribution in [0.15, 0.2) is 23.0 Å². The van der Waals surface area contributed by atoms with Crippen LogP contribution >= 0.6 is 11.3 Å². The van der Waals surface area contributed by atoms with E-state index in [1.807, 2.05) is 13.8 Å². The number of rotatable bonds is 5. The molecule has 0 radical (unpaired) electrons. The number of aromatic nitrogens is 2. The first-order valence-corrected chi connectivity index (χ1v) is 8.63. The number of carbonyl (C=O) groups excluding carboxylic acids is 1. The van der Waals surface area contributed by atoms with Crippen molar-refractivity contribution in [1.82, 2.24) is 9.97 Å². The number of ether oxygens (including phenoxy) is 3. The van der Waals surface area contributed by atoms with E-state index in [4.69, 9.17) is 14.2 Å². The number of hydrogen-bond donors (Lipinski definition) is 1. The highest BCUT2D eigenvalue weighted by Crippen LogP contribution is 2.26. The quantitative estimate of drug-likeness (QED) is 0.691. The molecule has 0 saturated heterocycles. The first-order valence-electron chi connectivity index (χ1n) is 7.82. The highest BCUT2D eigenvalue weighted by molar-refractivity contribution is 7.18. The van der Waals surface area contributed by atoms with Crippen LogP contribution in [-0.2, 0) is 11.3 Å². The summed E-state index contributed by atoms with van der Waals surface area (Å²) >= 11 is 1.44. The third-order valence-electron chi connectivity index (χ3n) is 4.02. The molecule has 1 aromatic carbocycles. The number of aryl methyl sites for hydroxylation is 2. The summed E-state index contributed by atoms with van der Waals surface area (Å²) in [4.78, 5) is 33.3. The molecule has 0 atom stereocenters. The maximum atomic E-state index is 12.3. The number of carbonyl (C=O) groups is 1. The van der Waals surface area contributed by atoms with Crippen molar-refractivity contribution in [3.8, 4) is 11.5 Å². The highest BCUT2D eigenvalue weighted by atomic mass is 32.1. The fourth-order valence-corrected chi connectivity index (χ4v) is 3.56. The van der Waals surface area contributed by atoms with Gasteiger partial charge in [0, 0.05) is 10.9 Å². The average molecular weight is 374 g/mol. The Bertz CT molecular complexity index is 1020. The Kier molecular flexibility index (Phi) is 4.94. The van der Waals surface area contributed by atoms with Crippen molar-refractivity contribution in [2.45, 2.75) is 20.5 Å². The Labute approximate surface area is 153 Å². The Balaban J connectivity index is 1.82. The molecule has 3 aromatic rings. The topological polar surface area (TPSA) is 90.5 Å². The number of methoxy groups -OCH3 is 2. The Morgan fingerprint density at radius 2 is 1.81 bits per heavy atom. The van der Waals surface area contributed by atoms with Crippen LogP contribution < -0.4 is 15.0 Å². The lowest BCUT2D eigenvalue weighted by Crippen LogP contribution is -2.14. The van der Waals surface area contributed by atoms with Crippen molar-refractivity contribution in [3.05, 3.63) is 50.4 Å². The largest absolute Gasteiger partial charge is 0.497 e. The summed E-state index contributed by atoms with van der Waals surface area (Å²) in [5, 5.41) is 0.583. The van der Waals surface area contributed by atoms with Crippen molar-refractivity contribution >= 4 is 27.5 Å². The van der Waals surface area contributed by atoms with E-state index in [0.29, 0.717) is 27.5 Å². The van der Waals surface area contributed by atoms with Gasteiger partial charge in [-0.2, -0.15) is 0 Å². The van der Waals surface area contributed by atoms with Crippen LogP contribution in [0.3, 0.4) is 0 Å². The van der Waals surface area contributed by atoms with Gasteiger partial charge in [-0.15, -0.1) is 11.3 Å². The summed E-state index contributed by atoms with van der Waals surface area (Å²) in [7, 11) is 3.00. The monoisotopic (exact) mass is 374 g/mol. The molecule has 0 saturated carbocycles. The lowest BCUT2D eigenvalue weighted by molar-refractivity contribution is 0.0461. The average Bonchev–Trinajstić information content (AvgIpc) is 2.93. The minimum atomic E-state index is -0.566. The van der Waals surface area contributed by atoms with Gasteiger partial charge in [0.25, 0.3) is 5.56 Å². The molecule has 8 heteroatoms. The number of benzene rings is 1. The Hall–Kier alpha value is -2.87. The molecule has 0 bridgehead atoms. The van der Waals surface area contributed by atoms with Crippen molar-refractivity contribution in [2.75, 3.05) is 14.2 Å². The molecule has 0 amide bonds. The molecular formula is C18H18N2O5S. The zero-order valence-electron chi connectivity index (χ0n) is 14.8. The zero-order chi connectivity index (χ0) is 18.8. The molecule has 1 N–H and O–H groups in total. The molecule has 7 nitrogen and oxygen atoms in total. The summed E-state index contributed by atoms with van der Waals surface area (Å²) in [6, 6.07) is 4.76. The van der Waals surface area contributed by atoms with Crippen molar-refractivity contribution in [1.29, 1.82) is 0 Å². The van der Waals surface area contributed by atoms with E-state index in [2.05, 4.69) is 9.97 Å². The van der Waals surface area contributed by atoms with Gasteiger partial charge in [0.2, 0.25) is 0 Å². The second-order valence-corrected chi connectivity index (χ2v) is 6.86. The lowest BCUT2D eigenvalue weighted by atomic mass is 10.2. The van der Waals surface area contributed by atoms with Crippen LogP contribution in [0.5, 0.6) is 11.5 Å². The first-order chi connectivity index (χ1) is 12.4. The number of nitrogens with one attached hydrogen (secondary N) is 1. The second-order valence-electron chi connectivity index (χ2n) is 5.65. The van der Waals surface area contributed by atoms with Gasteiger partial charge in [-0.1, -0.05) is 0 Å². The standard InChI is InChI=1S/C18H18N2O5S/c1-9-10(2)26-17-15(9)16(21)19-14(20-17)8-25-18(22)11-5-12(23-3)7-13(6-11)24-4/h5-7H,8H2,1-4H3,(H,19,20,21). The molecule has 0 aliphatic rings. The van der Waals surface area contributed by atoms with E-state index < -0.39 is 5.97 Å². The molecule has 26 heavy (non-hydrogen) atoms. The predicted octanol–water partition coefficient (Wildman–Crippen LogP) is 2.98. The summed E-state index contributed by atoms with van der Waals surface area (Å²) in [5.74, 6) is 0.693. The lowest BCUT2D eigenvalue weighted by Gasteiger charge is -2.08. The van der Waals surface area contributed by atoms with Gasteiger partial charge in [0.15, 0.2) is 0 Å². The minimum absolute atomic E-state index is 0.139. The van der Waals surface area contributed by atoms with E-state index in [9.17, 15) is 9.59 Å². The molecule has 0 aliphatic carbocycles. The molecule has 0 unspecified atom stereocenters. The van der Waals surface area contributed by atoms with Crippen molar-refractivity contribution < 1.29 is 19.0 Å². The van der Waals surface area contributed by atoms with Gasteiger partial charge in [0.1, 0.15) is 28.8 Å². The van der Waals surface area contributed by atoms with E-state index in [1.165, 1.54) is 25.6 Å². The second kappa shape index (κ2) is 7.17. The van der Waals surface area contributed by atoms with Crippen LogP contribution in [0.2, 0.25) is 0 Å². The van der Waals surface area contributed by atoms with Crippen LogP contribution in [0.4, 0.5) is 0 Å². The highest BCUT2D eigenvalue weighted by Gasteiger charge is 2.15. The van der Waals surface area contributed by atoms with Gasteiger partial charge >= 0.3 is 5.97 Å². The number of fused-ring (bicyclic) bond motifs is 1. The summed E-state index contributed by atoms with van der Waals surface area (Å²) in [6.45, 7) is 3.69. The summed E-state index contributed by atoms with van der Waals surface area (Å²) in [5.41, 5.74) is 0.976. The van der Waals surface area contributed by atoms with Gasteiger partial charge in [-0.05, 0) is 31.5 Å². The number of thiophene rings is 1. The van der Waals surface area contributed by atoms with Gasteiger partial charge in [0.05, 0.1) is 25.2 Å². The van der Waals surface area contributed by atoms with E-state index in [1.54, 1.807) is 18.2 Å².